The van der Waals surface area contributed by atoms with E-state index >= 15 is 0 Å². The van der Waals surface area contributed by atoms with E-state index in [4.69, 9.17) is 23.4 Å². The van der Waals surface area contributed by atoms with E-state index in [0.717, 1.165) is 12.8 Å². The SMILES string of the molecule is COC(=O)[CH-][C@H](C(=O)OC)C(CCc1ccccc1)C(C)(C)C.[C-]#[O+].[C-]#[O+].[C-]#[O+].[Fe+2]. The minimum Gasteiger partial charge on any atom is 2.00 e. The number of carbonyl (C=O) groups is 2. The Labute approximate surface area is 189 Å². The van der Waals surface area contributed by atoms with Crippen molar-refractivity contribution in [1.82, 2.24) is 0 Å². The quantitative estimate of drug-likeness (QED) is 0.269. The maximum Gasteiger partial charge on any atom is 2.00 e. The number of hydrogen-bond acceptors (Lipinski definition) is 4. The van der Waals surface area contributed by atoms with Gasteiger partial charge in [-0.15, -0.1) is 0 Å². The van der Waals surface area contributed by atoms with E-state index in [-0.39, 0.29) is 28.4 Å². The van der Waals surface area contributed by atoms with Crippen molar-refractivity contribution >= 4 is 11.9 Å². The molecule has 0 N–H and O–H groups in total. The molecule has 0 amide bonds. The zero-order chi connectivity index (χ0) is 23.5. The van der Waals surface area contributed by atoms with Crippen molar-refractivity contribution in [3.05, 3.63) is 62.3 Å². The van der Waals surface area contributed by atoms with E-state index < -0.39 is 17.9 Å². The van der Waals surface area contributed by atoms with Gasteiger partial charge in [-0.1, -0.05) is 51.1 Å². The molecule has 7 nitrogen and oxygen atoms in total. The monoisotopic (exact) mass is 459 g/mol. The van der Waals surface area contributed by atoms with E-state index in [0.29, 0.717) is 0 Å². The largest absolute Gasteiger partial charge is 2.00 e. The van der Waals surface area contributed by atoms with Crippen molar-refractivity contribution in [3.8, 4) is 0 Å². The normalized spacial score (nSPS) is 10.8. The summed E-state index contributed by atoms with van der Waals surface area (Å²) < 4.78 is 32.1. The Morgan fingerprint density at radius 3 is 1.80 bits per heavy atom. The van der Waals surface area contributed by atoms with Gasteiger partial charge in [-0.2, -0.15) is 0 Å². The van der Waals surface area contributed by atoms with Crippen LogP contribution in [0.4, 0.5) is 0 Å². The predicted octanol–water partition coefficient (Wildman–Crippen LogP) is 3.33. The first kappa shape index (κ1) is 35.2. The van der Waals surface area contributed by atoms with Gasteiger partial charge in [0.05, 0.1) is 14.2 Å². The summed E-state index contributed by atoms with van der Waals surface area (Å²) in [6, 6.07) is 10.1. The van der Waals surface area contributed by atoms with E-state index in [1.165, 1.54) is 26.2 Å². The molecule has 1 aromatic rings. The molecule has 0 aliphatic heterocycles. The molecule has 2 atom stereocenters. The molecule has 0 spiro atoms. The second-order valence-electron chi connectivity index (χ2n) is 6.74. The Morgan fingerprint density at radius 2 is 1.43 bits per heavy atom. The van der Waals surface area contributed by atoms with Crippen LogP contribution in [0.25, 0.3) is 0 Å². The zero-order valence-electron chi connectivity index (χ0n) is 17.7. The van der Waals surface area contributed by atoms with Crippen molar-refractivity contribution < 1.29 is 50.1 Å². The third-order valence-corrected chi connectivity index (χ3v) is 4.12. The summed E-state index contributed by atoms with van der Waals surface area (Å²) in [4.78, 5) is 23.9. The molecule has 0 aliphatic rings. The number of rotatable bonds is 7. The molecule has 1 rings (SSSR count). The molecular weight excluding hydrogens is 432 g/mol. The fraction of sp³-hybridized carbons (Fsp3) is 0.455. The molecule has 0 fully saturated rings. The van der Waals surface area contributed by atoms with Crippen molar-refractivity contribution in [2.45, 2.75) is 33.6 Å². The minimum atomic E-state index is -0.615. The number of benzene rings is 1. The van der Waals surface area contributed by atoms with Crippen LogP contribution in [0.15, 0.2) is 30.3 Å². The number of carbonyl (C=O) groups excluding carboxylic acids is 2. The molecule has 0 saturated carbocycles. The Balaban J connectivity index is -0.000000441. The van der Waals surface area contributed by atoms with Gasteiger partial charge in [0, 0.05) is 0 Å². The van der Waals surface area contributed by atoms with Crippen LogP contribution in [-0.4, -0.2) is 26.2 Å². The van der Waals surface area contributed by atoms with Crippen LogP contribution in [-0.2, 0) is 56.5 Å². The van der Waals surface area contributed by atoms with Gasteiger partial charge < -0.3 is 9.47 Å². The van der Waals surface area contributed by atoms with E-state index in [1.807, 2.05) is 18.2 Å². The van der Waals surface area contributed by atoms with Gasteiger partial charge in [-0.05, 0) is 35.7 Å². The molecule has 0 aromatic heterocycles. The predicted molar refractivity (Wildman–Crippen MR) is 101 cm³/mol. The molecule has 30 heavy (non-hydrogen) atoms. The third-order valence-electron chi connectivity index (χ3n) is 4.12. The summed E-state index contributed by atoms with van der Waals surface area (Å²) in [5.74, 6) is -1.55. The minimum absolute atomic E-state index is 0. The molecule has 8 heteroatoms. The summed E-state index contributed by atoms with van der Waals surface area (Å²) in [7, 11) is 2.65. The van der Waals surface area contributed by atoms with Crippen LogP contribution in [0.2, 0.25) is 0 Å². The Morgan fingerprint density at radius 1 is 0.967 bits per heavy atom. The topological polar surface area (TPSA) is 112 Å². The number of esters is 2. The average molecular weight is 459 g/mol. The van der Waals surface area contributed by atoms with Crippen LogP contribution in [0, 0.1) is 43.6 Å². The summed E-state index contributed by atoms with van der Waals surface area (Å²) in [6.45, 7) is 19.7. The summed E-state index contributed by atoms with van der Waals surface area (Å²) >= 11 is 0. The molecule has 0 heterocycles. The average Bonchev–Trinajstić information content (AvgIpc) is 2.76. The molecule has 0 bridgehead atoms. The Hall–Kier alpha value is -2.23. The fourth-order valence-electron chi connectivity index (χ4n) is 2.82. The van der Waals surface area contributed by atoms with Gasteiger partial charge in [-0.3, -0.25) is 16.0 Å². The smallest absolute Gasteiger partial charge is 2.00 e. The third kappa shape index (κ3) is 14.7. The van der Waals surface area contributed by atoms with Gasteiger partial charge in [0.1, 0.15) is 0 Å². The van der Waals surface area contributed by atoms with Gasteiger partial charge in [0.25, 0.3) is 5.97 Å². The van der Waals surface area contributed by atoms with Crippen LogP contribution < -0.4 is 0 Å². The number of hydrogen-bond donors (Lipinski definition) is 0. The number of methoxy groups -OCH3 is 2. The molecule has 164 valence electrons. The first-order chi connectivity index (χ1) is 13.8. The van der Waals surface area contributed by atoms with Crippen molar-refractivity contribution in [1.29, 1.82) is 0 Å². The van der Waals surface area contributed by atoms with Gasteiger partial charge in [0.2, 0.25) is 0 Å². The Bertz CT molecular complexity index is 616. The molecular formula is C22H27FeO7+. The van der Waals surface area contributed by atoms with Crippen LogP contribution >= 0.6 is 0 Å². The molecule has 1 aromatic carbocycles. The summed E-state index contributed by atoms with van der Waals surface area (Å²) in [6.07, 6.45) is 2.96. The molecule has 0 radical (unpaired) electrons. The van der Waals surface area contributed by atoms with E-state index in [2.05, 4.69) is 52.9 Å². The summed E-state index contributed by atoms with van der Waals surface area (Å²) in [5, 5.41) is 0. The van der Waals surface area contributed by atoms with Crippen molar-refractivity contribution in [3.63, 3.8) is 0 Å². The van der Waals surface area contributed by atoms with Crippen molar-refractivity contribution in [2.24, 2.45) is 17.3 Å². The standard InChI is InChI=1S/C19H27O4.3CO.Fe/c1-19(2,3)16(12-11-14-9-7-6-8-10-14)15(18(21)23-5)13-17(20)22-4;3*1-2;/h6-10,13,15-16H,11-12H2,1-5H3;;;;/q-1;;;;+2/t15-,16?;;;;/m0..../s1. The van der Waals surface area contributed by atoms with E-state index in [9.17, 15) is 9.59 Å². The van der Waals surface area contributed by atoms with Crippen LogP contribution in [0.3, 0.4) is 0 Å². The second-order valence-corrected chi connectivity index (χ2v) is 6.74. The van der Waals surface area contributed by atoms with Crippen molar-refractivity contribution in [2.75, 3.05) is 14.2 Å². The Kier molecular flexibility index (Phi) is 25.2. The first-order valence-electron chi connectivity index (χ1n) is 8.45. The molecule has 0 aliphatic carbocycles. The van der Waals surface area contributed by atoms with Crippen LogP contribution in [0.1, 0.15) is 32.8 Å². The fourth-order valence-corrected chi connectivity index (χ4v) is 2.82. The van der Waals surface area contributed by atoms with Gasteiger partial charge in [-0.25, -0.2) is 0 Å². The van der Waals surface area contributed by atoms with E-state index in [1.54, 1.807) is 0 Å². The first-order valence-corrected chi connectivity index (χ1v) is 8.45. The van der Waals surface area contributed by atoms with Gasteiger partial charge >= 0.3 is 51.0 Å². The molecule has 1 unspecified atom stereocenters. The van der Waals surface area contributed by atoms with Gasteiger partial charge in [0.15, 0.2) is 5.97 Å². The second kappa shape index (κ2) is 21.5. The summed E-state index contributed by atoms with van der Waals surface area (Å²) in [5.41, 5.74) is 1.06. The number of aryl methyl sites for hydroxylation is 1. The number of ether oxygens (including phenoxy) is 2. The molecule has 0 saturated heterocycles. The maximum atomic E-state index is 12.2. The zero-order valence-corrected chi connectivity index (χ0v) is 18.8. The van der Waals surface area contributed by atoms with Crippen LogP contribution in [0.5, 0.6) is 0 Å². The maximum absolute atomic E-state index is 12.2.